The molecule has 1 atom stereocenters. The molecule has 5 nitrogen and oxygen atoms in total. The highest BCUT2D eigenvalue weighted by Gasteiger charge is 2.35. The topological polar surface area (TPSA) is 57.7 Å². The van der Waals surface area contributed by atoms with E-state index >= 15 is 0 Å². The SMILES string of the molecule is CN(C(=O)C1CCCN(CCCC(C)(C)S(=O)(=O)c2ccccc2)C1)c1ccccc1. The predicted molar refractivity (Wildman–Crippen MR) is 126 cm³/mol. The molecule has 2 aromatic rings. The van der Waals surface area contributed by atoms with Crippen molar-refractivity contribution < 1.29 is 13.2 Å². The van der Waals surface area contributed by atoms with Crippen molar-refractivity contribution in [2.45, 2.75) is 49.2 Å². The van der Waals surface area contributed by atoms with E-state index in [-0.39, 0.29) is 11.8 Å². The molecule has 1 aliphatic heterocycles. The molecule has 0 saturated carbocycles. The van der Waals surface area contributed by atoms with Crippen LogP contribution in [0.4, 0.5) is 5.69 Å². The average molecular weight is 443 g/mol. The van der Waals surface area contributed by atoms with E-state index in [1.54, 1.807) is 29.2 Å². The van der Waals surface area contributed by atoms with Crippen LogP contribution in [-0.4, -0.2) is 50.7 Å². The Morgan fingerprint density at radius 2 is 1.68 bits per heavy atom. The summed E-state index contributed by atoms with van der Waals surface area (Å²) in [6, 6.07) is 18.4. The van der Waals surface area contributed by atoms with E-state index in [1.807, 2.05) is 57.3 Å². The molecular formula is C25H34N2O3S. The van der Waals surface area contributed by atoms with Crippen molar-refractivity contribution in [2.75, 3.05) is 31.6 Å². The molecule has 1 aliphatic rings. The Labute approximate surface area is 187 Å². The lowest BCUT2D eigenvalue weighted by molar-refractivity contribution is -0.123. The predicted octanol–water partition coefficient (Wildman–Crippen LogP) is 4.39. The smallest absolute Gasteiger partial charge is 0.231 e. The minimum Gasteiger partial charge on any atom is -0.315 e. The molecule has 0 N–H and O–H groups in total. The number of benzene rings is 2. The summed E-state index contributed by atoms with van der Waals surface area (Å²) in [5.41, 5.74) is 0.914. The maximum absolute atomic E-state index is 13.0. The molecule has 0 aliphatic carbocycles. The first kappa shape index (κ1) is 23.5. The number of hydrogen-bond donors (Lipinski definition) is 0. The number of piperidine rings is 1. The first-order valence-electron chi connectivity index (χ1n) is 11.1. The van der Waals surface area contributed by atoms with Gasteiger partial charge in [-0.2, -0.15) is 0 Å². The Balaban J connectivity index is 1.54. The number of para-hydroxylation sites is 1. The average Bonchev–Trinajstić information content (AvgIpc) is 2.79. The molecule has 1 saturated heterocycles. The quantitative estimate of drug-likeness (QED) is 0.608. The van der Waals surface area contributed by atoms with E-state index in [2.05, 4.69) is 4.90 Å². The number of hydrogen-bond acceptors (Lipinski definition) is 4. The minimum atomic E-state index is -3.39. The second-order valence-electron chi connectivity index (χ2n) is 9.05. The van der Waals surface area contributed by atoms with Gasteiger partial charge in [0.25, 0.3) is 0 Å². The zero-order valence-corrected chi connectivity index (χ0v) is 19.6. The number of amides is 1. The Morgan fingerprint density at radius 3 is 2.32 bits per heavy atom. The fourth-order valence-electron chi connectivity index (χ4n) is 4.29. The zero-order valence-electron chi connectivity index (χ0n) is 18.8. The highest BCUT2D eigenvalue weighted by Crippen LogP contribution is 2.30. The van der Waals surface area contributed by atoms with Crippen LogP contribution in [0.15, 0.2) is 65.6 Å². The Morgan fingerprint density at radius 1 is 1.06 bits per heavy atom. The summed E-state index contributed by atoms with van der Waals surface area (Å²) in [5.74, 6) is 0.142. The maximum atomic E-state index is 13.0. The van der Waals surface area contributed by atoms with Gasteiger partial charge in [-0.3, -0.25) is 4.79 Å². The van der Waals surface area contributed by atoms with Crippen LogP contribution in [0.2, 0.25) is 0 Å². The van der Waals surface area contributed by atoms with Crippen LogP contribution in [0.25, 0.3) is 0 Å². The summed E-state index contributed by atoms with van der Waals surface area (Å²) in [7, 11) is -1.55. The Hall–Kier alpha value is -2.18. The number of anilines is 1. The van der Waals surface area contributed by atoms with Crippen molar-refractivity contribution >= 4 is 21.4 Å². The summed E-state index contributed by atoms with van der Waals surface area (Å²) in [6.45, 7) is 6.14. The van der Waals surface area contributed by atoms with Gasteiger partial charge in [0.05, 0.1) is 15.6 Å². The summed E-state index contributed by atoms with van der Waals surface area (Å²) in [4.78, 5) is 17.4. The van der Waals surface area contributed by atoms with Crippen molar-refractivity contribution in [2.24, 2.45) is 5.92 Å². The van der Waals surface area contributed by atoms with E-state index in [1.165, 1.54) is 0 Å². The highest BCUT2D eigenvalue weighted by atomic mass is 32.2. The molecule has 0 spiro atoms. The third kappa shape index (κ3) is 5.55. The van der Waals surface area contributed by atoms with Crippen LogP contribution < -0.4 is 4.90 Å². The van der Waals surface area contributed by atoms with E-state index in [0.29, 0.717) is 11.3 Å². The van der Waals surface area contributed by atoms with Crippen LogP contribution in [0, 0.1) is 5.92 Å². The minimum absolute atomic E-state index is 0.0139. The highest BCUT2D eigenvalue weighted by molar-refractivity contribution is 7.92. The van der Waals surface area contributed by atoms with Crippen molar-refractivity contribution in [1.29, 1.82) is 0 Å². The van der Waals surface area contributed by atoms with Gasteiger partial charge in [-0.15, -0.1) is 0 Å². The van der Waals surface area contributed by atoms with Gasteiger partial charge in [0.1, 0.15) is 0 Å². The largest absolute Gasteiger partial charge is 0.315 e. The van der Waals surface area contributed by atoms with Crippen LogP contribution in [0.3, 0.4) is 0 Å². The van der Waals surface area contributed by atoms with E-state index in [4.69, 9.17) is 0 Å². The van der Waals surface area contributed by atoms with Gasteiger partial charge in [-0.05, 0) is 76.9 Å². The molecule has 0 aromatic heterocycles. The number of likely N-dealkylation sites (tertiary alicyclic amines) is 1. The van der Waals surface area contributed by atoms with Gasteiger partial charge >= 0.3 is 0 Å². The Kier molecular flexibility index (Phi) is 7.55. The summed E-state index contributed by atoms with van der Waals surface area (Å²) >= 11 is 0. The first-order chi connectivity index (χ1) is 14.7. The van der Waals surface area contributed by atoms with Crippen molar-refractivity contribution in [1.82, 2.24) is 4.90 Å². The van der Waals surface area contributed by atoms with Gasteiger partial charge in [-0.1, -0.05) is 36.4 Å². The molecule has 31 heavy (non-hydrogen) atoms. The van der Waals surface area contributed by atoms with Gasteiger partial charge in [0, 0.05) is 19.3 Å². The second-order valence-corrected chi connectivity index (χ2v) is 11.6. The molecule has 168 valence electrons. The van der Waals surface area contributed by atoms with Crippen LogP contribution in [0.1, 0.15) is 39.5 Å². The second kappa shape index (κ2) is 9.96. The van der Waals surface area contributed by atoms with Crippen LogP contribution in [0.5, 0.6) is 0 Å². The summed E-state index contributed by atoms with van der Waals surface area (Å²) in [6.07, 6.45) is 3.27. The van der Waals surface area contributed by atoms with Gasteiger partial charge in [0.2, 0.25) is 5.91 Å². The van der Waals surface area contributed by atoms with Gasteiger partial charge in [-0.25, -0.2) is 8.42 Å². The first-order valence-corrected chi connectivity index (χ1v) is 12.6. The maximum Gasteiger partial charge on any atom is 0.231 e. The Bertz CT molecular complexity index is 959. The third-order valence-electron chi connectivity index (χ3n) is 6.36. The van der Waals surface area contributed by atoms with Crippen molar-refractivity contribution in [3.63, 3.8) is 0 Å². The van der Waals surface area contributed by atoms with E-state index < -0.39 is 14.6 Å². The standard InChI is InChI=1S/C25H34N2O3S/c1-25(2,31(29,30)23-15-8-5-9-16-23)17-11-19-27-18-10-12-21(20-27)24(28)26(3)22-13-6-4-7-14-22/h4-9,13-16,21H,10-12,17-20H2,1-3H3. The molecule has 1 unspecified atom stereocenters. The van der Waals surface area contributed by atoms with Gasteiger partial charge in [0.15, 0.2) is 9.84 Å². The van der Waals surface area contributed by atoms with Crippen LogP contribution >= 0.6 is 0 Å². The lowest BCUT2D eigenvalue weighted by atomic mass is 9.96. The molecule has 1 heterocycles. The molecule has 3 rings (SSSR count). The molecule has 0 bridgehead atoms. The summed E-state index contributed by atoms with van der Waals surface area (Å²) in [5, 5.41) is 0. The molecule has 1 fully saturated rings. The number of carbonyl (C=O) groups is 1. The van der Waals surface area contributed by atoms with Gasteiger partial charge < -0.3 is 9.80 Å². The van der Waals surface area contributed by atoms with E-state index in [9.17, 15) is 13.2 Å². The van der Waals surface area contributed by atoms with Crippen molar-refractivity contribution in [3.8, 4) is 0 Å². The monoisotopic (exact) mass is 442 g/mol. The third-order valence-corrected chi connectivity index (χ3v) is 8.91. The molecule has 2 aromatic carbocycles. The number of nitrogens with zero attached hydrogens (tertiary/aromatic N) is 2. The number of carbonyl (C=O) groups excluding carboxylic acids is 1. The molecule has 6 heteroatoms. The number of rotatable bonds is 8. The molecular weight excluding hydrogens is 408 g/mol. The fourth-order valence-corrected chi connectivity index (χ4v) is 5.86. The number of sulfone groups is 1. The molecule has 0 radical (unpaired) electrons. The lowest BCUT2D eigenvalue weighted by Gasteiger charge is -2.34. The van der Waals surface area contributed by atoms with Crippen molar-refractivity contribution in [3.05, 3.63) is 60.7 Å². The zero-order chi connectivity index (χ0) is 22.5. The normalized spacial score (nSPS) is 18.0. The van der Waals surface area contributed by atoms with E-state index in [0.717, 1.165) is 44.6 Å². The molecule has 1 amide bonds. The van der Waals surface area contributed by atoms with Crippen LogP contribution in [-0.2, 0) is 14.6 Å². The lowest BCUT2D eigenvalue weighted by Crippen LogP contribution is -2.44. The summed E-state index contributed by atoms with van der Waals surface area (Å²) < 4.78 is 25.2. The fraction of sp³-hybridized carbons (Fsp3) is 0.480.